The molecule has 11 heteroatoms. The quantitative estimate of drug-likeness (QED) is 0.398. The summed E-state index contributed by atoms with van der Waals surface area (Å²) in [6, 6.07) is 11.9. The molecule has 31 heavy (non-hydrogen) atoms. The highest BCUT2D eigenvalue weighted by Crippen LogP contribution is 2.27. The molecule has 0 atom stereocenters. The van der Waals surface area contributed by atoms with Crippen LogP contribution >= 0.6 is 34.5 Å². The monoisotopic (exact) mass is 496 g/mol. The molecular formula is C20H18Cl2N4O3S2. The topological polar surface area (TPSA) is 83.9 Å². The third-order valence-electron chi connectivity index (χ3n) is 4.59. The number of hydrogen-bond acceptors (Lipinski definition) is 7. The van der Waals surface area contributed by atoms with E-state index >= 15 is 0 Å². The van der Waals surface area contributed by atoms with Crippen LogP contribution in [0.4, 0.5) is 5.13 Å². The van der Waals surface area contributed by atoms with Crippen molar-refractivity contribution in [3.05, 3.63) is 63.5 Å². The molecule has 2 aromatic carbocycles. The minimum absolute atomic E-state index is 0.260. The number of benzene rings is 2. The van der Waals surface area contributed by atoms with Crippen LogP contribution in [-0.4, -0.2) is 50.2 Å². The van der Waals surface area contributed by atoms with Crippen molar-refractivity contribution in [2.75, 3.05) is 31.7 Å². The molecular weight excluding hydrogens is 479 g/mol. The highest BCUT2D eigenvalue weighted by Gasteiger charge is 2.26. The standard InChI is InChI=1S/C20H18Cl2N4O3S2/c21-16-4-1-15(18(22)11-16)12-23-25-20-24-19(13-30-20)14-2-5-17(6-3-14)31(27,28)26-7-9-29-10-8-26/h1-6,11-13H,7-10H2,(H,24,25)/b23-12+. The summed E-state index contributed by atoms with van der Waals surface area (Å²) < 4.78 is 32.1. The van der Waals surface area contributed by atoms with E-state index in [0.29, 0.717) is 41.5 Å². The van der Waals surface area contributed by atoms with Crippen molar-refractivity contribution in [1.29, 1.82) is 0 Å². The van der Waals surface area contributed by atoms with Crippen LogP contribution in [0.5, 0.6) is 0 Å². The Kier molecular flexibility index (Phi) is 6.90. The third-order valence-corrected chi connectivity index (χ3v) is 7.81. The Morgan fingerprint density at radius 3 is 2.58 bits per heavy atom. The molecule has 0 amide bonds. The number of hydrogen-bond donors (Lipinski definition) is 1. The minimum Gasteiger partial charge on any atom is -0.379 e. The first-order valence-corrected chi connectivity index (χ1v) is 12.4. The molecule has 1 aliphatic heterocycles. The molecule has 162 valence electrons. The van der Waals surface area contributed by atoms with E-state index in [1.165, 1.54) is 15.6 Å². The van der Waals surface area contributed by atoms with Gasteiger partial charge in [0.05, 0.1) is 35.0 Å². The normalized spacial score (nSPS) is 15.4. The van der Waals surface area contributed by atoms with Crippen LogP contribution < -0.4 is 5.43 Å². The molecule has 1 N–H and O–H groups in total. The predicted molar refractivity (Wildman–Crippen MR) is 125 cm³/mol. The summed E-state index contributed by atoms with van der Waals surface area (Å²) in [6.45, 7) is 1.57. The minimum atomic E-state index is -3.52. The highest BCUT2D eigenvalue weighted by atomic mass is 35.5. The van der Waals surface area contributed by atoms with Crippen LogP contribution in [0.3, 0.4) is 0 Å². The van der Waals surface area contributed by atoms with E-state index in [4.69, 9.17) is 27.9 Å². The average molecular weight is 497 g/mol. The Hall–Kier alpha value is -2.01. The average Bonchev–Trinajstić information content (AvgIpc) is 3.25. The number of nitrogens with zero attached hydrogens (tertiary/aromatic N) is 3. The fraction of sp³-hybridized carbons (Fsp3) is 0.200. The Labute approximate surface area is 194 Å². The van der Waals surface area contributed by atoms with E-state index in [0.717, 1.165) is 16.8 Å². The van der Waals surface area contributed by atoms with Gasteiger partial charge in [-0.3, -0.25) is 5.43 Å². The second-order valence-corrected chi connectivity index (χ2v) is 10.3. The van der Waals surface area contributed by atoms with Gasteiger partial charge in [-0.05, 0) is 24.3 Å². The maximum absolute atomic E-state index is 12.7. The van der Waals surface area contributed by atoms with Gasteiger partial charge in [0, 0.05) is 34.6 Å². The number of hydrazone groups is 1. The van der Waals surface area contributed by atoms with Gasteiger partial charge in [-0.2, -0.15) is 9.41 Å². The maximum atomic E-state index is 12.7. The second-order valence-electron chi connectivity index (χ2n) is 6.61. The molecule has 0 aliphatic carbocycles. The molecule has 1 aliphatic rings. The number of morpholine rings is 1. The van der Waals surface area contributed by atoms with E-state index in [2.05, 4.69) is 15.5 Å². The molecule has 4 rings (SSSR count). The molecule has 1 aromatic heterocycles. The lowest BCUT2D eigenvalue weighted by Crippen LogP contribution is -2.40. The van der Waals surface area contributed by atoms with Gasteiger partial charge < -0.3 is 4.74 Å². The Morgan fingerprint density at radius 2 is 1.87 bits per heavy atom. The van der Waals surface area contributed by atoms with Gasteiger partial charge in [-0.1, -0.05) is 41.4 Å². The summed E-state index contributed by atoms with van der Waals surface area (Å²) in [5.41, 5.74) is 5.14. The van der Waals surface area contributed by atoms with E-state index in [1.807, 2.05) is 5.38 Å². The van der Waals surface area contributed by atoms with Gasteiger partial charge in [0.2, 0.25) is 15.2 Å². The van der Waals surface area contributed by atoms with E-state index in [1.54, 1.807) is 48.7 Å². The zero-order valence-corrected chi connectivity index (χ0v) is 19.3. The first-order chi connectivity index (χ1) is 14.9. The molecule has 0 unspecified atom stereocenters. The van der Waals surface area contributed by atoms with Gasteiger partial charge in [-0.15, -0.1) is 11.3 Å². The summed E-state index contributed by atoms with van der Waals surface area (Å²) in [7, 11) is -3.52. The van der Waals surface area contributed by atoms with Crippen LogP contribution in [0.15, 0.2) is 57.8 Å². The van der Waals surface area contributed by atoms with E-state index in [9.17, 15) is 8.42 Å². The van der Waals surface area contributed by atoms with Crippen molar-refractivity contribution in [2.45, 2.75) is 4.90 Å². The van der Waals surface area contributed by atoms with Crippen molar-refractivity contribution in [3.63, 3.8) is 0 Å². The van der Waals surface area contributed by atoms with Crippen molar-refractivity contribution >= 4 is 55.9 Å². The van der Waals surface area contributed by atoms with Crippen LogP contribution in [0, 0.1) is 0 Å². The summed E-state index contributed by atoms with van der Waals surface area (Å²) >= 11 is 13.4. The van der Waals surface area contributed by atoms with Gasteiger partial charge >= 0.3 is 0 Å². The van der Waals surface area contributed by atoms with Crippen LogP contribution in [0.1, 0.15) is 5.56 Å². The van der Waals surface area contributed by atoms with Crippen LogP contribution in [0.2, 0.25) is 10.0 Å². The molecule has 0 saturated carbocycles. The summed E-state index contributed by atoms with van der Waals surface area (Å²) in [5, 5.41) is 7.69. The molecule has 2 heterocycles. The summed E-state index contributed by atoms with van der Waals surface area (Å²) in [6.07, 6.45) is 1.59. The number of nitrogens with one attached hydrogen (secondary N) is 1. The number of thiazole rings is 1. The second kappa shape index (κ2) is 9.64. The Balaban J connectivity index is 1.43. The predicted octanol–water partition coefficient (Wildman–Crippen LogP) is 4.58. The molecule has 7 nitrogen and oxygen atoms in total. The lowest BCUT2D eigenvalue weighted by Gasteiger charge is -2.26. The number of rotatable bonds is 6. The third kappa shape index (κ3) is 5.25. The van der Waals surface area contributed by atoms with Crippen LogP contribution in [-0.2, 0) is 14.8 Å². The van der Waals surface area contributed by atoms with E-state index in [-0.39, 0.29) is 4.90 Å². The van der Waals surface area contributed by atoms with Gasteiger partial charge in [0.15, 0.2) is 0 Å². The molecule has 0 spiro atoms. The smallest absolute Gasteiger partial charge is 0.243 e. The fourth-order valence-corrected chi connectivity index (χ4v) is 5.49. The number of anilines is 1. The number of ether oxygens (including phenoxy) is 1. The lowest BCUT2D eigenvalue weighted by molar-refractivity contribution is 0.0730. The molecule has 3 aromatic rings. The first-order valence-electron chi connectivity index (χ1n) is 9.31. The number of sulfonamides is 1. The molecule has 0 radical (unpaired) electrons. The highest BCUT2D eigenvalue weighted by molar-refractivity contribution is 7.89. The fourth-order valence-electron chi connectivity index (χ4n) is 2.95. The SMILES string of the molecule is O=S(=O)(c1ccc(-c2csc(N/N=C/c3ccc(Cl)cc3Cl)n2)cc1)N1CCOCC1. The van der Waals surface area contributed by atoms with Crippen molar-refractivity contribution in [2.24, 2.45) is 5.10 Å². The van der Waals surface area contributed by atoms with Gasteiger partial charge in [0.1, 0.15) is 0 Å². The Bertz CT molecular complexity index is 1190. The van der Waals surface area contributed by atoms with Crippen molar-refractivity contribution < 1.29 is 13.2 Å². The largest absolute Gasteiger partial charge is 0.379 e. The summed E-state index contributed by atoms with van der Waals surface area (Å²) in [5.74, 6) is 0. The molecule has 0 bridgehead atoms. The maximum Gasteiger partial charge on any atom is 0.243 e. The van der Waals surface area contributed by atoms with Gasteiger partial charge in [0.25, 0.3) is 0 Å². The number of aromatic nitrogens is 1. The zero-order valence-electron chi connectivity index (χ0n) is 16.2. The van der Waals surface area contributed by atoms with Crippen molar-refractivity contribution in [3.8, 4) is 11.3 Å². The Morgan fingerprint density at radius 1 is 1.13 bits per heavy atom. The van der Waals surface area contributed by atoms with Gasteiger partial charge in [-0.25, -0.2) is 13.4 Å². The molecule has 1 saturated heterocycles. The summed E-state index contributed by atoms with van der Waals surface area (Å²) in [4.78, 5) is 4.75. The zero-order chi connectivity index (χ0) is 21.8. The lowest BCUT2D eigenvalue weighted by atomic mass is 10.2. The molecule has 1 fully saturated rings. The van der Waals surface area contributed by atoms with Crippen molar-refractivity contribution in [1.82, 2.24) is 9.29 Å². The van der Waals surface area contributed by atoms with E-state index < -0.39 is 10.0 Å². The van der Waals surface area contributed by atoms with Crippen LogP contribution in [0.25, 0.3) is 11.3 Å². The number of halogens is 2. The first kappa shape index (κ1) is 22.2.